The average Bonchev–Trinajstić information content (AvgIpc) is 2.84. The Morgan fingerprint density at radius 3 is 2.62 bits per heavy atom. The molecule has 0 saturated heterocycles. The number of fused-ring (bicyclic) bond motifs is 5. The number of aliphatic hydroxyl groups is 3. The highest BCUT2D eigenvalue weighted by atomic mass is 16.3. The molecule has 4 heteroatoms. The van der Waals surface area contributed by atoms with Gasteiger partial charge in [0.2, 0.25) is 0 Å². The zero-order valence-corrected chi connectivity index (χ0v) is 13.8. The molecule has 7 atom stereocenters. The predicted octanol–water partition coefficient (Wildman–Crippen LogP) is 2.07. The second kappa shape index (κ2) is 4.98. The van der Waals surface area contributed by atoms with Crippen LogP contribution in [0.3, 0.4) is 0 Å². The molecule has 0 aliphatic heterocycles. The molecule has 0 aromatic heterocycles. The van der Waals surface area contributed by atoms with Gasteiger partial charge in [-0.15, -0.1) is 6.42 Å². The Bertz CT molecular complexity index is 723. The van der Waals surface area contributed by atoms with Crippen LogP contribution in [0.25, 0.3) is 0 Å². The standard InChI is InChI=1S/C20H24O4/c1-3-20(24)9-7-15-16-13(6-8-19(15,20)2)12-5-4-11(21)10-14(12)17(22)18(16)23/h1,4-5,10,13,15-18,21-24H,6-9H2,2H3/t13-,15+,16-,17-,18+,19+,20-/m1/s1. The molecule has 1 aromatic carbocycles. The van der Waals surface area contributed by atoms with Gasteiger partial charge >= 0.3 is 0 Å². The molecule has 0 spiro atoms. The SMILES string of the molecule is C#C[C@@]1(O)CC[C@H]2[C@@H]3[C@H](O)[C@H](O)c4cc(O)ccc4[C@H]3CC[C@@]21C. The maximum Gasteiger partial charge on any atom is 0.130 e. The van der Waals surface area contributed by atoms with Crippen molar-refractivity contribution in [2.24, 2.45) is 17.3 Å². The molecule has 128 valence electrons. The summed E-state index contributed by atoms with van der Waals surface area (Å²) in [5.74, 6) is 2.77. The van der Waals surface area contributed by atoms with Crippen LogP contribution in [0.2, 0.25) is 0 Å². The molecular weight excluding hydrogens is 304 g/mol. The summed E-state index contributed by atoms with van der Waals surface area (Å²) in [5.41, 5.74) is 0.0620. The highest BCUT2D eigenvalue weighted by Crippen LogP contribution is 2.65. The molecule has 0 unspecified atom stereocenters. The molecule has 2 fully saturated rings. The third kappa shape index (κ3) is 1.81. The van der Waals surface area contributed by atoms with Gasteiger partial charge in [-0.2, -0.15) is 0 Å². The lowest BCUT2D eigenvalue weighted by molar-refractivity contribution is -0.120. The second-order valence-corrected chi connectivity index (χ2v) is 8.04. The number of rotatable bonds is 0. The van der Waals surface area contributed by atoms with E-state index in [9.17, 15) is 20.4 Å². The van der Waals surface area contributed by atoms with E-state index in [1.54, 1.807) is 12.1 Å². The summed E-state index contributed by atoms with van der Waals surface area (Å²) in [6.45, 7) is 2.03. The third-order valence-electron chi connectivity index (χ3n) is 7.23. The van der Waals surface area contributed by atoms with Crippen molar-refractivity contribution in [3.05, 3.63) is 29.3 Å². The number of terminal acetylenes is 1. The highest BCUT2D eigenvalue weighted by molar-refractivity contribution is 5.43. The van der Waals surface area contributed by atoms with Gasteiger partial charge in [0.1, 0.15) is 17.5 Å². The van der Waals surface area contributed by atoms with E-state index in [0.717, 1.165) is 24.8 Å². The van der Waals surface area contributed by atoms with Gasteiger partial charge in [0.15, 0.2) is 0 Å². The van der Waals surface area contributed by atoms with Crippen molar-refractivity contribution in [1.82, 2.24) is 0 Å². The topological polar surface area (TPSA) is 80.9 Å². The molecule has 0 amide bonds. The van der Waals surface area contributed by atoms with Gasteiger partial charge in [-0.1, -0.05) is 18.9 Å². The van der Waals surface area contributed by atoms with Crippen molar-refractivity contribution < 1.29 is 20.4 Å². The Morgan fingerprint density at radius 1 is 1.17 bits per heavy atom. The number of benzene rings is 1. The van der Waals surface area contributed by atoms with Gasteiger partial charge < -0.3 is 20.4 Å². The fourth-order valence-corrected chi connectivity index (χ4v) is 5.84. The molecule has 0 radical (unpaired) electrons. The van der Waals surface area contributed by atoms with Crippen LogP contribution in [-0.2, 0) is 0 Å². The molecule has 3 aliphatic carbocycles. The third-order valence-corrected chi connectivity index (χ3v) is 7.23. The van der Waals surface area contributed by atoms with Crippen molar-refractivity contribution in [3.8, 4) is 18.1 Å². The summed E-state index contributed by atoms with van der Waals surface area (Å²) in [7, 11) is 0. The maximum absolute atomic E-state index is 10.9. The number of phenols is 1. The number of hydrogen-bond acceptors (Lipinski definition) is 4. The van der Waals surface area contributed by atoms with Gasteiger partial charge in [0, 0.05) is 5.41 Å². The Labute approximate surface area is 142 Å². The summed E-state index contributed by atoms with van der Waals surface area (Å²) in [4.78, 5) is 0. The van der Waals surface area contributed by atoms with Crippen LogP contribution < -0.4 is 0 Å². The smallest absolute Gasteiger partial charge is 0.130 e. The van der Waals surface area contributed by atoms with Crippen molar-refractivity contribution >= 4 is 0 Å². The lowest BCUT2D eigenvalue weighted by Crippen LogP contribution is -2.54. The Morgan fingerprint density at radius 2 is 1.92 bits per heavy atom. The Hall–Kier alpha value is -1.54. The molecule has 2 saturated carbocycles. The lowest BCUT2D eigenvalue weighted by atomic mass is 9.52. The molecule has 4 nitrogen and oxygen atoms in total. The molecule has 4 N–H and O–H groups in total. The zero-order valence-electron chi connectivity index (χ0n) is 13.8. The minimum Gasteiger partial charge on any atom is -0.508 e. The van der Waals surface area contributed by atoms with Gasteiger partial charge in [-0.25, -0.2) is 0 Å². The van der Waals surface area contributed by atoms with Crippen LogP contribution in [-0.4, -0.2) is 32.1 Å². The quantitative estimate of drug-likeness (QED) is 0.550. The van der Waals surface area contributed by atoms with Crippen molar-refractivity contribution in [1.29, 1.82) is 0 Å². The van der Waals surface area contributed by atoms with E-state index < -0.39 is 23.2 Å². The highest BCUT2D eigenvalue weighted by Gasteiger charge is 2.63. The molecule has 3 aliphatic rings. The average molecular weight is 328 g/mol. The first-order chi connectivity index (χ1) is 11.3. The second-order valence-electron chi connectivity index (χ2n) is 8.04. The molecule has 24 heavy (non-hydrogen) atoms. The van der Waals surface area contributed by atoms with Gasteiger partial charge in [-0.05, 0) is 66.7 Å². The lowest BCUT2D eigenvalue weighted by Gasteiger charge is -2.54. The number of aliphatic hydroxyl groups excluding tert-OH is 2. The predicted molar refractivity (Wildman–Crippen MR) is 89.2 cm³/mol. The minimum absolute atomic E-state index is 0.0731. The zero-order chi connectivity index (χ0) is 17.3. The van der Waals surface area contributed by atoms with Crippen LogP contribution in [0.5, 0.6) is 5.75 Å². The Balaban J connectivity index is 1.81. The number of hydrogen-bond donors (Lipinski definition) is 4. The molecule has 1 aromatic rings. The van der Waals surface area contributed by atoms with E-state index >= 15 is 0 Å². The van der Waals surface area contributed by atoms with E-state index in [1.807, 2.05) is 13.0 Å². The van der Waals surface area contributed by atoms with E-state index in [2.05, 4.69) is 5.92 Å². The fourth-order valence-electron chi connectivity index (χ4n) is 5.84. The Kier molecular flexibility index (Phi) is 3.31. The summed E-state index contributed by atoms with van der Waals surface area (Å²) in [6.07, 6.45) is 6.62. The van der Waals surface area contributed by atoms with Crippen LogP contribution in [0.1, 0.15) is 55.8 Å². The van der Waals surface area contributed by atoms with E-state index in [1.165, 1.54) is 0 Å². The fraction of sp³-hybridized carbons (Fsp3) is 0.600. The largest absolute Gasteiger partial charge is 0.508 e. The van der Waals surface area contributed by atoms with Crippen LogP contribution in [0.4, 0.5) is 0 Å². The normalized spacial score (nSPS) is 46.5. The van der Waals surface area contributed by atoms with Crippen molar-refractivity contribution in [2.45, 2.75) is 56.3 Å². The summed E-state index contributed by atoms with van der Waals surface area (Å²) in [6, 6.07) is 5.06. The molecule has 0 bridgehead atoms. The van der Waals surface area contributed by atoms with Crippen LogP contribution >= 0.6 is 0 Å². The molecule has 4 rings (SSSR count). The molecular formula is C20H24O4. The first-order valence-electron chi connectivity index (χ1n) is 8.71. The number of aromatic hydroxyl groups is 1. The van der Waals surface area contributed by atoms with Gasteiger partial charge in [0.05, 0.1) is 6.10 Å². The first-order valence-corrected chi connectivity index (χ1v) is 8.71. The number of phenolic OH excluding ortho intramolecular Hbond substituents is 1. The van der Waals surface area contributed by atoms with Gasteiger partial charge in [0.25, 0.3) is 0 Å². The van der Waals surface area contributed by atoms with E-state index in [-0.39, 0.29) is 23.5 Å². The van der Waals surface area contributed by atoms with Crippen molar-refractivity contribution in [2.75, 3.05) is 0 Å². The van der Waals surface area contributed by atoms with E-state index in [0.29, 0.717) is 12.0 Å². The van der Waals surface area contributed by atoms with Gasteiger partial charge in [-0.3, -0.25) is 0 Å². The van der Waals surface area contributed by atoms with Crippen LogP contribution in [0.15, 0.2) is 18.2 Å². The summed E-state index contributed by atoms with van der Waals surface area (Å²) in [5, 5.41) is 42.1. The van der Waals surface area contributed by atoms with E-state index in [4.69, 9.17) is 6.42 Å². The monoisotopic (exact) mass is 328 g/mol. The van der Waals surface area contributed by atoms with Crippen LogP contribution in [0, 0.1) is 29.6 Å². The minimum atomic E-state index is -1.14. The first kappa shape index (κ1) is 16.0. The molecule has 0 heterocycles. The summed E-state index contributed by atoms with van der Waals surface area (Å²) < 4.78 is 0. The summed E-state index contributed by atoms with van der Waals surface area (Å²) >= 11 is 0. The van der Waals surface area contributed by atoms with Crippen molar-refractivity contribution in [3.63, 3.8) is 0 Å². The maximum atomic E-state index is 10.9.